The van der Waals surface area contributed by atoms with Crippen molar-refractivity contribution in [1.29, 1.82) is 0 Å². The van der Waals surface area contributed by atoms with Gasteiger partial charge >= 0.3 is 0 Å². The molecule has 5 nitrogen and oxygen atoms in total. The molecule has 1 heterocycles. The van der Waals surface area contributed by atoms with E-state index >= 15 is 0 Å². The number of nitrogens with two attached hydrogens (primary N) is 1. The van der Waals surface area contributed by atoms with Gasteiger partial charge in [-0.3, -0.25) is 0 Å². The maximum Gasteiger partial charge on any atom is 0.210 e. The van der Waals surface area contributed by atoms with Gasteiger partial charge < -0.3 is 10.6 Å². The Bertz CT molecular complexity index is 821. The second-order valence-electron chi connectivity index (χ2n) is 4.79. The third-order valence-electron chi connectivity index (χ3n) is 3.30. The number of benzene rings is 2. The fraction of sp³-hybridized carbons (Fsp3) is 0.125. The van der Waals surface area contributed by atoms with E-state index in [1.807, 2.05) is 48.5 Å². The fourth-order valence-electron chi connectivity index (χ4n) is 2.16. The van der Waals surface area contributed by atoms with Crippen LogP contribution in [0.3, 0.4) is 0 Å². The summed E-state index contributed by atoms with van der Waals surface area (Å²) in [5.41, 5.74) is 2.01. The van der Waals surface area contributed by atoms with Crippen molar-refractivity contribution in [2.24, 2.45) is 0 Å². The molecule has 0 fully saturated rings. The van der Waals surface area contributed by atoms with Gasteiger partial charge in [0.1, 0.15) is 5.75 Å². The van der Waals surface area contributed by atoms with Crippen LogP contribution in [-0.2, 0) is 5.75 Å². The van der Waals surface area contributed by atoms with Crippen molar-refractivity contribution in [3.63, 3.8) is 0 Å². The molecule has 0 saturated carbocycles. The summed E-state index contributed by atoms with van der Waals surface area (Å²) in [6, 6.07) is 15.7. The molecule has 3 rings (SSSR count). The lowest BCUT2D eigenvalue weighted by Gasteiger charge is -2.07. The first-order chi connectivity index (χ1) is 11.2. The molecule has 0 bridgehead atoms. The Balaban J connectivity index is 1.80. The van der Waals surface area contributed by atoms with Crippen molar-refractivity contribution in [2.75, 3.05) is 13.0 Å². The summed E-state index contributed by atoms with van der Waals surface area (Å²) in [4.78, 5) is 0. The standard InChI is InChI=1S/C16H15BrN4OS/c1-22-14-8-3-2-5-12(14)10-23-16-20-19-15(21(16)18)11-6-4-7-13(17)9-11/h2-9H,10,18H2,1H3. The Kier molecular flexibility index (Phi) is 4.88. The number of methoxy groups -OCH3 is 1. The number of para-hydroxylation sites is 1. The summed E-state index contributed by atoms with van der Waals surface area (Å²) in [6.45, 7) is 0. The van der Waals surface area contributed by atoms with Crippen LogP contribution in [0, 0.1) is 0 Å². The lowest BCUT2D eigenvalue weighted by Crippen LogP contribution is -2.11. The monoisotopic (exact) mass is 390 g/mol. The molecule has 0 amide bonds. The van der Waals surface area contributed by atoms with Gasteiger partial charge in [0.05, 0.1) is 7.11 Å². The molecule has 2 aromatic carbocycles. The molecule has 2 N–H and O–H groups in total. The molecule has 0 radical (unpaired) electrons. The van der Waals surface area contributed by atoms with Gasteiger partial charge in [-0.15, -0.1) is 10.2 Å². The minimum atomic E-state index is 0.633. The Morgan fingerprint density at radius 1 is 1.17 bits per heavy atom. The van der Waals surface area contributed by atoms with Crippen molar-refractivity contribution in [2.45, 2.75) is 10.9 Å². The number of nitrogen functional groups attached to an aromatic ring is 1. The van der Waals surface area contributed by atoms with Crippen LogP contribution in [0.15, 0.2) is 58.2 Å². The Morgan fingerprint density at radius 3 is 2.78 bits per heavy atom. The van der Waals surface area contributed by atoms with Crippen LogP contribution in [0.25, 0.3) is 11.4 Å². The highest BCUT2D eigenvalue weighted by atomic mass is 79.9. The van der Waals surface area contributed by atoms with Crippen LogP contribution in [0.1, 0.15) is 5.56 Å². The number of aromatic nitrogens is 3. The first-order valence-corrected chi connectivity index (χ1v) is 8.68. The predicted molar refractivity (Wildman–Crippen MR) is 95.9 cm³/mol. The SMILES string of the molecule is COc1ccccc1CSc1nnc(-c2cccc(Br)c2)n1N. The third-order valence-corrected chi connectivity index (χ3v) is 4.78. The van der Waals surface area contributed by atoms with Gasteiger partial charge in [-0.2, -0.15) is 0 Å². The van der Waals surface area contributed by atoms with Crippen molar-refractivity contribution in [1.82, 2.24) is 14.9 Å². The van der Waals surface area contributed by atoms with E-state index in [2.05, 4.69) is 26.1 Å². The number of hydrogen-bond acceptors (Lipinski definition) is 5. The van der Waals surface area contributed by atoms with Gasteiger partial charge in [0, 0.05) is 21.4 Å². The van der Waals surface area contributed by atoms with E-state index in [4.69, 9.17) is 10.6 Å². The maximum absolute atomic E-state index is 6.14. The minimum Gasteiger partial charge on any atom is -0.496 e. The highest BCUT2D eigenvalue weighted by Crippen LogP contribution is 2.28. The molecule has 0 aliphatic carbocycles. The molecule has 7 heteroatoms. The van der Waals surface area contributed by atoms with Gasteiger partial charge in [-0.25, -0.2) is 4.68 Å². The van der Waals surface area contributed by atoms with Gasteiger partial charge in [0.25, 0.3) is 0 Å². The Morgan fingerprint density at radius 2 is 2.00 bits per heavy atom. The molecule has 0 saturated heterocycles. The summed E-state index contributed by atoms with van der Waals surface area (Å²) in [6.07, 6.45) is 0. The Labute approximate surface area is 147 Å². The summed E-state index contributed by atoms with van der Waals surface area (Å²) in [7, 11) is 1.67. The molecule has 0 aliphatic heterocycles. The highest BCUT2D eigenvalue weighted by molar-refractivity contribution is 9.10. The molecule has 0 atom stereocenters. The van der Waals surface area contributed by atoms with Crippen LogP contribution in [0.4, 0.5) is 0 Å². The van der Waals surface area contributed by atoms with Crippen LogP contribution in [0.2, 0.25) is 0 Å². The zero-order valence-corrected chi connectivity index (χ0v) is 14.8. The largest absolute Gasteiger partial charge is 0.496 e. The van der Waals surface area contributed by atoms with Crippen molar-refractivity contribution in [3.05, 3.63) is 58.6 Å². The predicted octanol–water partition coefficient (Wildman–Crippen LogP) is 3.72. The molecule has 23 heavy (non-hydrogen) atoms. The van der Waals surface area contributed by atoms with E-state index in [-0.39, 0.29) is 0 Å². The van der Waals surface area contributed by atoms with Gasteiger partial charge in [-0.05, 0) is 18.2 Å². The lowest BCUT2D eigenvalue weighted by molar-refractivity contribution is 0.411. The van der Waals surface area contributed by atoms with E-state index in [0.29, 0.717) is 16.7 Å². The maximum atomic E-state index is 6.14. The van der Waals surface area contributed by atoms with E-state index < -0.39 is 0 Å². The normalized spacial score (nSPS) is 10.7. The fourth-order valence-corrected chi connectivity index (χ4v) is 3.41. The molecule has 0 aliphatic rings. The van der Waals surface area contributed by atoms with E-state index in [0.717, 1.165) is 21.3 Å². The molecule has 118 valence electrons. The minimum absolute atomic E-state index is 0.633. The average molecular weight is 391 g/mol. The van der Waals surface area contributed by atoms with E-state index in [9.17, 15) is 0 Å². The van der Waals surface area contributed by atoms with Gasteiger partial charge in [0.15, 0.2) is 5.82 Å². The average Bonchev–Trinajstić information content (AvgIpc) is 2.94. The van der Waals surface area contributed by atoms with Crippen LogP contribution < -0.4 is 10.6 Å². The first-order valence-electron chi connectivity index (χ1n) is 6.90. The van der Waals surface area contributed by atoms with Crippen molar-refractivity contribution < 1.29 is 4.74 Å². The number of rotatable bonds is 5. The molecule has 1 aromatic heterocycles. The van der Waals surface area contributed by atoms with Gasteiger partial charge in [0.2, 0.25) is 5.16 Å². The summed E-state index contributed by atoms with van der Waals surface area (Å²) >= 11 is 4.97. The van der Waals surface area contributed by atoms with Crippen LogP contribution in [-0.4, -0.2) is 22.0 Å². The highest BCUT2D eigenvalue weighted by Gasteiger charge is 2.13. The number of hydrogen-bond donors (Lipinski definition) is 1. The smallest absolute Gasteiger partial charge is 0.210 e. The molecule has 3 aromatic rings. The van der Waals surface area contributed by atoms with Gasteiger partial charge in [-0.1, -0.05) is 58.0 Å². The van der Waals surface area contributed by atoms with Crippen molar-refractivity contribution in [3.8, 4) is 17.1 Å². The van der Waals surface area contributed by atoms with Crippen molar-refractivity contribution >= 4 is 27.7 Å². The first kappa shape index (κ1) is 15.9. The number of nitrogens with zero attached hydrogens (tertiary/aromatic N) is 3. The topological polar surface area (TPSA) is 66.0 Å². The molecular weight excluding hydrogens is 376 g/mol. The zero-order valence-electron chi connectivity index (χ0n) is 12.4. The van der Waals surface area contributed by atoms with E-state index in [1.54, 1.807) is 7.11 Å². The second kappa shape index (κ2) is 7.06. The van der Waals surface area contributed by atoms with E-state index in [1.165, 1.54) is 16.4 Å². The lowest BCUT2D eigenvalue weighted by atomic mass is 10.2. The quantitative estimate of drug-likeness (QED) is 0.531. The third kappa shape index (κ3) is 3.51. The number of ether oxygens (including phenoxy) is 1. The Hall–Kier alpha value is -1.99. The molecule has 0 spiro atoms. The molecule has 0 unspecified atom stereocenters. The number of halogens is 1. The van der Waals surface area contributed by atoms with Crippen LogP contribution >= 0.6 is 27.7 Å². The molecular formula is C16H15BrN4OS. The summed E-state index contributed by atoms with van der Waals surface area (Å²) in [5, 5.41) is 9.04. The summed E-state index contributed by atoms with van der Waals surface area (Å²) < 4.78 is 7.85. The van der Waals surface area contributed by atoms with Crippen LogP contribution in [0.5, 0.6) is 5.75 Å². The second-order valence-corrected chi connectivity index (χ2v) is 6.65. The summed E-state index contributed by atoms with van der Waals surface area (Å²) in [5.74, 6) is 8.34. The zero-order chi connectivity index (χ0) is 16.2. The number of thioether (sulfide) groups is 1.